The first-order valence-electron chi connectivity index (χ1n) is 11.1. The normalized spacial score (nSPS) is 11.3. The van der Waals surface area contributed by atoms with Crippen molar-refractivity contribution in [2.75, 3.05) is 10.6 Å². The highest BCUT2D eigenvalue weighted by atomic mass is 19.2. The molecule has 0 spiro atoms. The summed E-state index contributed by atoms with van der Waals surface area (Å²) in [7, 11) is 0. The number of rotatable bonds is 8. The second-order valence-corrected chi connectivity index (χ2v) is 9.72. The fourth-order valence-electron chi connectivity index (χ4n) is 3.74. The molecule has 7 heteroatoms. The van der Waals surface area contributed by atoms with Crippen LogP contribution in [-0.4, -0.2) is 4.98 Å². The summed E-state index contributed by atoms with van der Waals surface area (Å²) in [5.41, 5.74) is 1.24. The average Bonchev–Trinajstić information content (AvgIpc) is 2.76. The molecule has 0 amide bonds. The summed E-state index contributed by atoms with van der Waals surface area (Å²) in [6, 6.07) is 7.15. The maximum absolute atomic E-state index is 15.2. The first-order valence-corrected chi connectivity index (χ1v) is 11.1. The zero-order valence-corrected chi connectivity index (χ0v) is 20.3. The van der Waals surface area contributed by atoms with Gasteiger partial charge in [-0.1, -0.05) is 46.1 Å². The van der Waals surface area contributed by atoms with Crippen LogP contribution in [0.4, 0.5) is 34.8 Å². The number of hydrogen-bond donors (Lipinski definition) is 2. The molecule has 2 aromatic carbocycles. The van der Waals surface area contributed by atoms with Crippen molar-refractivity contribution in [3.8, 4) is 0 Å². The van der Waals surface area contributed by atoms with Crippen LogP contribution in [0.2, 0.25) is 0 Å². The van der Waals surface area contributed by atoms with Crippen molar-refractivity contribution < 1.29 is 17.6 Å². The maximum Gasteiger partial charge on any atom is 0.183 e. The molecule has 0 saturated heterocycles. The Balaban J connectivity index is 1.92. The molecule has 3 nitrogen and oxygen atoms in total. The molecule has 0 atom stereocenters. The van der Waals surface area contributed by atoms with E-state index in [0.29, 0.717) is 17.7 Å². The number of pyridine rings is 1. The lowest BCUT2D eigenvalue weighted by atomic mass is 9.91. The molecule has 0 aliphatic heterocycles. The molecule has 0 aliphatic carbocycles. The number of halogens is 4. The molecule has 0 aliphatic rings. The Morgan fingerprint density at radius 2 is 1.71 bits per heavy atom. The van der Waals surface area contributed by atoms with Crippen LogP contribution in [0.3, 0.4) is 0 Å². The molecule has 184 valence electrons. The minimum Gasteiger partial charge on any atom is -0.350 e. The zero-order valence-electron chi connectivity index (χ0n) is 20.3. The predicted molar refractivity (Wildman–Crippen MR) is 135 cm³/mol. The summed E-state index contributed by atoms with van der Waals surface area (Å²) in [6.45, 7) is 15.4. The van der Waals surface area contributed by atoms with Gasteiger partial charge in [-0.3, -0.25) is 0 Å². The minimum atomic E-state index is -1.20. The molecular weight excluding hydrogens is 454 g/mol. The van der Waals surface area contributed by atoms with Crippen molar-refractivity contribution in [2.45, 2.75) is 40.5 Å². The van der Waals surface area contributed by atoms with Gasteiger partial charge in [-0.15, -0.1) is 0 Å². The lowest BCUT2D eigenvalue weighted by Crippen LogP contribution is -2.12. The lowest BCUT2D eigenvalue weighted by molar-refractivity contribution is 0.411. The van der Waals surface area contributed by atoms with Gasteiger partial charge < -0.3 is 10.6 Å². The van der Waals surface area contributed by atoms with E-state index in [9.17, 15) is 4.39 Å². The molecule has 0 saturated carbocycles. The van der Waals surface area contributed by atoms with E-state index < -0.39 is 23.3 Å². The second-order valence-electron chi connectivity index (χ2n) is 9.72. The van der Waals surface area contributed by atoms with Crippen LogP contribution in [0.15, 0.2) is 55.4 Å². The fraction of sp³-hybridized carbons (Fsp3) is 0.250. The average molecular weight is 484 g/mol. The third-order valence-electron chi connectivity index (χ3n) is 5.31. The van der Waals surface area contributed by atoms with Crippen molar-refractivity contribution in [1.82, 2.24) is 4.98 Å². The maximum atomic E-state index is 15.2. The Labute approximate surface area is 203 Å². The number of nitrogens with one attached hydrogen (secondary N) is 2. The zero-order chi connectivity index (χ0) is 25.9. The Morgan fingerprint density at radius 3 is 2.34 bits per heavy atom. The van der Waals surface area contributed by atoms with Crippen molar-refractivity contribution in [3.05, 3.63) is 101 Å². The van der Waals surface area contributed by atoms with Crippen LogP contribution in [0, 0.1) is 35.6 Å². The molecule has 0 unspecified atom stereocenters. The summed E-state index contributed by atoms with van der Waals surface area (Å²) >= 11 is 0. The van der Waals surface area contributed by atoms with Gasteiger partial charge in [0.05, 0.1) is 11.4 Å². The number of nitrogens with zero attached hydrogens (tertiary/aromatic N) is 1. The molecule has 1 aromatic heterocycles. The molecule has 0 radical (unpaired) electrons. The van der Waals surface area contributed by atoms with Crippen LogP contribution in [0.1, 0.15) is 49.4 Å². The van der Waals surface area contributed by atoms with Gasteiger partial charge in [0.1, 0.15) is 5.82 Å². The number of hydrogen-bond acceptors (Lipinski definition) is 3. The van der Waals surface area contributed by atoms with Gasteiger partial charge in [0, 0.05) is 23.9 Å². The number of anilines is 3. The Kier molecular flexibility index (Phi) is 7.68. The van der Waals surface area contributed by atoms with Crippen LogP contribution in [0.25, 0.3) is 6.08 Å². The smallest absolute Gasteiger partial charge is 0.183 e. The van der Waals surface area contributed by atoms with Crippen molar-refractivity contribution in [3.63, 3.8) is 0 Å². The third kappa shape index (κ3) is 6.29. The Morgan fingerprint density at radius 1 is 1.00 bits per heavy atom. The molecule has 3 rings (SSSR count). The summed E-state index contributed by atoms with van der Waals surface area (Å²) in [5.74, 6) is -3.67. The number of benzene rings is 2. The Hall–Kier alpha value is -3.61. The van der Waals surface area contributed by atoms with Gasteiger partial charge in [-0.25, -0.2) is 22.5 Å². The SMILES string of the molecule is C=Cc1cc(Cc2ccnc(NC(=C)CC(C)(C)C)c2F)c(F)c(F)c1Nc1ccc(C)cc1F. The van der Waals surface area contributed by atoms with E-state index in [-0.39, 0.29) is 45.7 Å². The minimum absolute atomic E-state index is 0.00358. The number of allylic oxidation sites excluding steroid dienone is 1. The largest absolute Gasteiger partial charge is 0.350 e. The third-order valence-corrected chi connectivity index (χ3v) is 5.31. The molecule has 0 bridgehead atoms. The highest BCUT2D eigenvalue weighted by Crippen LogP contribution is 2.32. The van der Waals surface area contributed by atoms with Crippen molar-refractivity contribution in [2.24, 2.45) is 5.41 Å². The summed E-state index contributed by atoms with van der Waals surface area (Å²) < 4.78 is 59.6. The van der Waals surface area contributed by atoms with Gasteiger partial charge in [0.25, 0.3) is 0 Å². The van der Waals surface area contributed by atoms with Crippen molar-refractivity contribution >= 4 is 23.3 Å². The van der Waals surface area contributed by atoms with E-state index in [2.05, 4.69) is 28.8 Å². The van der Waals surface area contributed by atoms with Gasteiger partial charge in [0.2, 0.25) is 0 Å². The van der Waals surface area contributed by atoms with Crippen LogP contribution in [-0.2, 0) is 6.42 Å². The van der Waals surface area contributed by atoms with E-state index in [1.807, 2.05) is 20.8 Å². The molecule has 2 N–H and O–H groups in total. The topological polar surface area (TPSA) is 37.0 Å². The predicted octanol–water partition coefficient (Wildman–Crippen LogP) is 8.29. The van der Waals surface area contributed by atoms with Gasteiger partial charge in [0.15, 0.2) is 23.3 Å². The molecule has 0 fully saturated rings. The quantitative estimate of drug-likeness (QED) is 0.317. The summed E-state index contributed by atoms with van der Waals surface area (Å²) in [4.78, 5) is 4.02. The van der Waals surface area contributed by atoms with E-state index in [1.54, 1.807) is 13.0 Å². The van der Waals surface area contributed by atoms with Crippen LogP contribution in [0.5, 0.6) is 0 Å². The van der Waals surface area contributed by atoms with Gasteiger partial charge in [-0.2, -0.15) is 0 Å². The van der Waals surface area contributed by atoms with Gasteiger partial charge >= 0.3 is 0 Å². The van der Waals surface area contributed by atoms with E-state index >= 15 is 13.2 Å². The van der Waals surface area contributed by atoms with Crippen LogP contribution >= 0.6 is 0 Å². The monoisotopic (exact) mass is 483 g/mol. The van der Waals surface area contributed by atoms with E-state index in [4.69, 9.17) is 0 Å². The highest BCUT2D eigenvalue weighted by molar-refractivity contribution is 5.73. The first-order chi connectivity index (χ1) is 16.4. The summed E-state index contributed by atoms with van der Waals surface area (Å²) in [5, 5.41) is 5.49. The summed E-state index contributed by atoms with van der Waals surface area (Å²) in [6.07, 6.45) is 3.09. The number of aromatic nitrogens is 1. The number of aryl methyl sites for hydroxylation is 1. The molecule has 1 heterocycles. The molecular formula is C28H29F4N3. The molecule has 35 heavy (non-hydrogen) atoms. The van der Waals surface area contributed by atoms with E-state index in [1.165, 1.54) is 36.5 Å². The molecule has 3 aromatic rings. The Bertz CT molecular complexity index is 1280. The first kappa shape index (κ1) is 26.0. The van der Waals surface area contributed by atoms with Crippen LogP contribution < -0.4 is 10.6 Å². The van der Waals surface area contributed by atoms with E-state index in [0.717, 1.165) is 0 Å². The highest BCUT2D eigenvalue weighted by Gasteiger charge is 2.21. The standard InChI is InChI=1S/C28H29F4N3/c1-7-18-13-20(23(30)25(32)26(18)35-22-9-8-16(2)12-21(22)29)14-19-10-11-33-27(24(19)31)34-17(3)15-28(4,5)6/h7-13,35H,1,3,14-15H2,2,4-6H3,(H,33,34). The van der Waals surface area contributed by atoms with Crippen molar-refractivity contribution in [1.29, 1.82) is 0 Å². The lowest BCUT2D eigenvalue weighted by Gasteiger charge is -2.21. The second kappa shape index (κ2) is 10.3. The van der Waals surface area contributed by atoms with Gasteiger partial charge in [-0.05, 0) is 59.7 Å². The fourth-order valence-corrected chi connectivity index (χ4v) is 3.74.